The SMILES string of the molecule is CCCCCCCOC(=O)C(C)(C)COS(=O)(=O)ON1C(=O)N2C[C@H]1CC[C@H]2C(=O)NOCCN.O=C(O)C(F)(F)F. The summed E-state index contributed by atoms with van der Waals surface area (Å²) in [4.78, 5) is 52.4. The van der Waals surface area contributed by atoms with Gasteiger partial charge in [-0.05, 0) is 33.1 Å². The van der Waals surface area contributed by atoms with Gasteiger partial charge in [-0.25, -0.2) is 19.3 Å². The predicted molar refractivity (Wildman–Crippen MR) is 137 cm³/mol. The highest BCUT2D eigenvalue weighted by molar-refractivity contribution is 7.81. The van der Waals surface area contributed by atoms with Gasteiger partial charge in [0.1, 0.15) is 6.04 Å². The number of amides is 3. The quantitative estimate of drug-likeness (QED) is 0.126. The molecule has 0 radical (unpaired) electrons. The summed E-state index contributed by atoms with van der Waals surface area (Å²) in [6.07, 6.45) is 0.540. The van der Waals surface area contributed by atoms with Crippen molar-refractivity contribution in [2.75, 3.05) is 32.9 Å². The molecule has 0 unspecified atom stereocenters. The number of carbonyl (C=O) groups excluding carboxylic acids is 3. The Morgan fingerprint density at radius 2 is 1.71 bits per heavy atom. The van der Waals surface area contributed by atoms with E-state index in [1.807, 2.05) is 0 Å². The number of hydrogen-bond acceptors (Lipinski definition) is 11. The summed E-state index contributed by atoms with van der Waals surface area (Å²) in [5.74, 6) is -3.88. The van der Waals surface area contributed by atoms with Gasteiger partial charge in [0.15, 0.2) is 0 Å². The predicted octanol–water partition coefficient (Wildman–Crippen LogP) is 1.63. The van der Waals surface area contributed by atoms with Crippen LogP contribution in [0.5, 0.6) is 0 Å². The average molecular weight is 637 g/mol. The molecule has 0 spiro atoms. The number of nitrogens with two attached hydrogens (primary N) is 1. The van der Waals surface area contributed by atoms with Gasteiger partial charge in [0.2, 0.25) is 0 Å². The molecule has 2 bridgehead atoms. The number of esters is 1. The van der Waals surface area contributed by atoms with Crippen molar-refractivity contribution in [1.82, 2.24) is 15.4 Å². The van der Waals surface area contributed by atoms with Crippen molar-refractivity contribution in [2.24, 2.45) is 11.1 Å². The van der Waals surface area contributed by atoms with Crippen molar-refractivity contribution in [3.63, 3.8) is 0 Å². The smallest absolute Gasteiger partial charge is 0.475 e. The molecule has 2 atom stereocenters. The Morgan fingerprint density at radius 3 is 2.29 bits per heavy atom. The third-order valence-corrected chi connectivity index (χ3v) is 6.78. The van der Waals surface area contributed by atoms with E-state index in [0.29, 0.717) is 17.9 Å². The average Bonchev–Trinajstić information content (AvgIpc) is 3.13. The van der Waals surface area contributed by atoms with Crippen LogP contribution in [-0.4, -0.2) is 98.5 Å². The molecule has 244 valence electrons. The van der Waals surface area contributed by atoms with Crippen LogP contribution >= 0.6 is 0 Å². The summed E-state index contributed by atoms with van der Waals surface area (Å²) in [5, 5.41) is 7.82. The van der Waals surface area contributed by atoms with Crippen LogP contribution in [0.15, 0.2) is 0 Å². The summed E-state index contributed by atoms with van der Waals surface area (Å²) >= 11 is 0. The lowest BCUT2D eigenvalue weighted by Crippen LogP contribution is -2.50. The number of nitrogens with one attached hydrogen (secondary N) is 1. The Hall–Kier alpha value is -2.74. The number of carboxylic acid groups (broad SMARTS) is 1. The number of unbranched alkanes of at least 4 members (excludes halogenated alkanes) is 4. The monoisotopic (exact) mass is 636 g/mol. The molecule has 0 aliphatic carbocycles. The fourth-order valence-corrected chi connectivity index (χ4v) is 4.58. The molecular weight excluding hydrogens is 597 g/mol. The number of halogens is 3. The van der Waals surface area contributed by atoms with Crippen LogP contribution in [0.1, 0.15) is 65.7 Å². The molecule has 0 aromatic carbocycles. The molecule has 0 saturated carbocycles. The lowest BCUT2D eigenvalue weighted by Gasteiger charge is -2.28. The summed E-state index contributed by atoms with van der Waals surface area (Å²) in [7, 11) is -4.66. The summed E-state index contributed by atoms with van der Waals surface area (Å²) in [6.45, 7) is 5.27. The van der Waals surface area contributed by atoms with Crippen LogP contribution in [0.4, 0.5) is 18.0 Å². The standard InChI is InChI=1S/C21H38N4O9S.C2HF3O2/c1-4-5-6-7-8-12-31-19(27)21(2,3)15-33-35(29,30)34-25-16-9-10-17(24(14-16)20(25)28)18(26)23-32-13-11-22;3-2(4,5)1(6)7/h16-17H,4-15,22H2,1-3H3,(H,23,26);(H,6,7)/t16-,17+;/m1./s1. The minimum Gasteiger partial charge on any atom is -0.475 e. The highest BCUT2D eigenvalue weighted by Crippen LogP contribution is 2.31. The molecule has 3 amide bonds. The number of hydroxylamine groups is 3. The highest BCUT2D eigenvalue weighted by atomic mass is 32.3. The van der Waals surface area contributed by atoms with Gasteiger partial charge < -0.3 is 20.5 Å². The van der Waals surface area contributed by atoms with Crippen LogP contribution in [-0.2, 0) is 42.8 Å². The van der Waals surface area contributed by atoms with Crippen molar-refractivity contribution >= 4 is 34.3 Å². The Kier molecular flexibility index (Phi) is 14.9. The van der Waals surface area contributed by atoms with Crippen molar-refractivity contribution < 1.29 is 63.9 Å². The number of carboxylic acids is 1. The zero-order chi connectivity index (χ0) is 32.1. The van der Waals surface area contributed by atoms with Gasteiger partial charge in [-0.2, -0.15) is 26.7 Å². The number of carbonyl (C=O) groups is 4. The lowest BCUT2D eigenvalue weighted by molar-refractivity contribution is -0.192. The second-order valence-corrected chi connectivity index (χ2v) is 11.3. The number of urea groups is 1. The van der Waals surface area contributed by atoms with Crippen molar-refractivity contribution in [2.45, 2.75) is 84.0 Å². The largest absolute Gasteiger partial charge is 0.490 e. The van der Waals surface area contributed by atoms with Crippen LogP contribution in [0.2, 0.25) is 0 Å². The maximum atomic E-state index is 12.7. The topological polar surface area (TPSA) is 204 Å². The molecular formula is C23H39F3N4O11S. The van der Waals surface area contributed by atoms with Crippen molar-refractivity contribution in [3.8, 4) is 0 Å². The number of aliphatic carboxylic acids is 1. The van der Waals surface area contributed by atoms with E-state index in [1.54, 1.807) is 0 Å². The first kappa shape index (κ1) is 37.3. The number of rotatable bonds is 16. The van der Waals surface area contributed by atoms with E-state index in [4.69, 9.17) is 33.7 Å². The molecule has 19 heteroatoms. The Morgan fingerprint density at radius 1 is 1.10 bits per heavy atom. The number of nitrogens with zero attached hydrogens (tertiary/aromatic N) is 2. The van der Waals surface area contributed by atoms with E-state index in [1.165, 1.54) is 18.7 Å². The van der Waals surface area contributed by atoms with Crippen LogP contribution in [0, 0.1) is 5.41 Å². The Balaban J connectivity index is 0.00000112. The van der Waals surface area contributed by atoms with E-state index >= 15 is 0 Å². The number of piperidine rings is 1. The third kappa shape index (κ3) is 12.2. The second-order valence-electron chi connectivity index (χ2n) is 10.1. The van der Waals surface area contributed by atoms with Crippen LogP contribution in [0.25, 0.3) is 0 Å². The van der Waals surface area contributed by atoms with Gasteiger partial charge in [-0.1, -0.05) is 32.6 Å². The number of ether oxygens (including phenoxy) is 1. The van der Waals surface area contributed by atoms with Crippen LogP contribution < -0.4 is 11.2 Å². The van der Waals surface area contributed by atoms with E-state index in [0.717, 1.165) is 32.1 Å². The normalized spacial score (nSPS) is 18.8. The van der Waals surface area contributed by atoms with Crippen molar-refractivity contribution in [1.29, 1.82) is 0 Å². The van der Waals surface area contributed by atoms with Gasteiger partial charge in [0, 0.05) is 13.1 Å². The molecule has 15 nitrogen and oxygen atoms in total. The van der Waals surface area contributed by atoms with E-state index in [2.05, 4.69) is 12.4 Å². The van der Waals surface area contributed by atoms with E-state index in [-0.39, 0.29) is 26.3 Å². The number of hydrogen-bond donors (Lipinski definition) is 3. The minimum absolute atomic E-state index is 0.111. The molecule has 0 aromatic rings. The molecule has 2 fully saturated rings. The molecule has 2 aliphatic rings. The molecule has 4 N–H and O–H groups in total. The van der Waals surface area contributed by atoms with Gasteiger partial charge >= 0.3 is 34.5 Å². The maximum absolute atomic E-state index is 12.7. The molecule has 2 rings (SSSR count). The molecule has 2 saturated heterocycles. The molecule has 42 heavy (non-hydrogen) atoms. The maximum Gasteiger partial charge on any atom is 0.490 e. The van der Waals surface area contributed by atoms with Crippen LogP contribution in [0.3, 0.4) is 0 Å². The molecule has 2 heterocycles. The van der Waals surface area contributed by atoms with E-state index in [9.17, 15) is 36.0 Å². The fourth-order valence-electron chi connectivity index (χ4n) is 3.72. The summed E-state index contributed by atoms with van der Waals surface area (Å²) < 4.78 is 71.6. The Bertz CT molecular complexity index is 1030. The van der Waals surface area contributed by atoms with Gasteiger partial charge in [0.05, 0.1) is 31.3 Å². The zero-order valence-corrected chi connectivity index (χ0v) is 24.5. The lowest BCUT2D eigenvalue weighted by atomic mass is 9.95. The summed E-state index contributed by atoms with van der Waals surface area (Å²) in [5.41, 5.74) is 6.29. The first-order valence-electron chi connectivity index (χ1n) is 13.2. The fraction of sp³-hybridized carbons (Fsp3) is 0.826. The van der Waals surface area contributed by atoms with Crippen molar-refractivity contribution in [3.05, 3.63) is 0 Å². The zero-order valence-electron chi connectivity index (χ0n) is 23.7. The first-order chi connectivity index (χ1) is 19.5. The molecule has 2 aliphatic heterocycles. The third-order valence-electron chi connectivity index (χ3n) is 6.03. The number of alkyl halides is 3. The number of fused-ring (bicyclic) bond motifs is 2. The Labute approximate surface area is 242 Å². The van der Waals surface area contributed by atoms with Gasteiger partial charge in [0.25, 0.3) is 5.91 Å². The molecule has 0 aromatic heterocycles. The van der Waals surface area contributed by atoms with E-state index < -0.39 is 64.6 Å². The highest BCUT2D eigenvalue weighted by Gasteiger charge is 2.50. The van der Waals surface area contributed by atoms with Gasteiger partial charge in [-0.3, -0.25) is 14.4 Å². The van der Waals surface area contributed by atoms with Gasteiger partial charge in [-0.15, -0.1) is 4.28 Å². The summed E-state index contributed by atoms with van der Waals surface area (Å²) in [6, 6.07) is -2.18. The minimum atomic E-state index is -5.08. The second kappa shape index (κ2) is 16.8. The first-order valence-corrected chi connectivity index (χ1v) is 14.6.